The van der Waals surface area contributed by atoms with Crippen LogP contribution < -0.4 is 0 Å². The van der Waals surface area contributed by atoms with Gasteiger partial charge in [-0.05, 0) is 42.7 Å². The zero-order chi connectivity index (χ0) is 20.3. The van der Waals surface area contributed by atoms with Gasteiger partial charge in [0.25, 0.3) is 5.91 Å². The van der Waals surface area contributed by atoms with Gasteiger partial charge in [0.05, 0.1) is 0 Å². The number of H-pyrrole nitrogens is 1. The van der Waals surface area contributed by atoms with Crippen molar-refractivity contribution in [3.8, 4) is 0 Å². The highest BCUT2D eigenvalue weighted by molar-refractivity contribution is 9.10. The van der Waals surface area contributed by atoms with Crippen molar-refractivity contribution in [2.45, 2.75) is 44.8 Å². The van der Waals surface area contributed by atoms with E-state index in [9.17, 15) is 9.59 Å². The van der Waals surface area contributed by atoms with E-state index in [2.05, 4.69) is 27.0 Å². The van der Waals surface area contributed by atoms with Crippen LogP contribution in [-0.2, 0) is 11.2 Å². The highest BCUT2D eigenvalue weighted by Crippen LogP contribution is 2.44. The van der Waals surface area contributed by atoms with Crippen LogP contribution in [0.3, 0.4) is 0 Å². The highest BCUT2D eigenvalue weighted by atomic mass is 79.9. The minimum atomic E-state index is -0.461. The third-order valence-corrected chi connectivity index (χ3v) is 6.83. The maximum atomic E-state index is 13.4. The third kappa shape index (κ3) is 2.65. The Morgan fingerprint density at radius 3 is 2.59 bits per heavy atom. The van der Waals surface area contributed by atoms with E-state index in [1.165, 1.54) is 4.90 Å². The van der Waals surface area contributed by atoms with Crippen molar-refractivity contribution in [2.75, 3.05) is 0 Å². The van der Waals surface area contributed by atoms with Crippen molar-refractivity contribution < 1.29 is 9.59 Å². The van der Waals surface area contributed by atoms with Crippen LogP contribution in [0, 0.1) is 0 Å². The summed E-state index contributed by atoms with van der Waals surface area (Å²) in [5.41, 5.74) is 4.19. The number of para-hydroxylation sites is 1. The molecule has 2 aliphatic heterocycles. The van der Waals surface area contributed by atoms with E-state index >= 15 is 0 Å². The molecule has 148 valence electrons. The van der Waals surface area contributed by atoms with Crippen LogP contribution in [0.15, 0.2) is 53.0 Å². The molecule has 0 aliphatic carbocycles. The molecule has 0 spiro atoms. The highest BCUT2D eigenvalue weighted by Gasteiger charge is 2.53. The maximum absolute atomic E-state index is 13.4. The molecule has 5 nitrogen and oxygen atoms in total. The van der Waals surface area contributed by atoms with Crippen molar-refractivity contribution in [3.63, 3.8) is 0 Å². The molecule has 5 rings (SSSR count). The fourth-order valence-electron chi connectivity index (χ4n) is 4.67. The van der Waals surface area contributed by atoms with E-state index in [4.69, 9.17) is 0 Å². The number of nitrogens with zero attached hydrogens (tertiary/aromatic N) is 2. The van der Waals surface area contributed by atoms with E-state index < -0.39 is 6.04 Å². The SMILES string of the molecule is CCC(C)N1C(=O)[C@H]2Cc3c([nH]c4ccccc34)[C@H](c3ccc(Br)cc3)N2C1=O. The van der Waals surface area contributed by atoms with Gasteiger partial charge in [0.1, 0.15) is 12.1 Å². The van der Waals surface area contributed by atoms with Crippen LogP contribution in [0.4, 0.5) is 4.79 Å². The number of fused-ring (bicyclic) bond motifs is 4. The number of carbonyl (C=O) groups excluding carboxylic acids is 2. The van der Waals surface area contributed by atoms with Crippen LogP contribution in [0.1, 0.15) is 43.1 Å². The topological polar surface area (TPSA) is 56.4 Å². The summed E-state index contributed by atoms with van der Waals surface area (Å²) in [6, 6.07) is 15.1. The molecule has 0 saturated carbocycles. The number of imide groups is 1. The van der Waals surface area contributed by atoms with Gasteiger partial charge in [-0.25, -0.2) is 4.79 Å². The quantitative estimate of drug-likeness (QED) is 0.569. The molecule has 0 bridgehead atoms. The zero-order valence-electron chi connectivity index (χ0n) is 16.4. The average molecular weight is 452 g/mol. The number of aromatic amines is 1. The zero-order valence-corrected chi connectivity index (χ0v) is 17.9. The van der Waals surface area contributed by atoms with Crippen LogP contribution >= 0.6 is 15.9 Å². The smallest absolute Gasteiger partial charge is 0.328 e. The molecule has 3 amide bonds. The van der Waals surface area contributed by atoms with E-state index in [-0.39, 0.29) is 24.0 Å². The van der Waals surface area contributed by atoms with Gasteiger partial charge in [0, 0.05) is 33.5 Å². The second kappa shape index (κ2) is 6.73. The molecule has 1 N–H and O–H groups in total. The van der Waals surface area contributed by atoms with Crippen LogP contribution in [0.25, 0.3) is 10.9 Å². The standard InChI is InChI=1S/C23H22BrN3O2/c1-3-13(2)26-22(28)19-12-17-16-6-4-5-7-18(16)25-20(17)21(27(19)23(26)29)14-8-10-15(24)11-9-14/h4-11,13,19,21,25H,3,12H2,1-2H3/t13?,19-,21+/m1/s1. The number of benzene rings is 2. The first-order valence-electron chi connectivity index (χ1n) is 10.0. The number of hydrogen-bond acceptors (Lipinski definition) is 2. The van der Waals surface area contributed by atoms with E-state index in [0.29, 0.717) is 6.42 Å². The number of halogens is 1. The fourth-order valence-corrected chi connectivity index (χ4v) is 4.94. The molecule has 0 radical (unpaired) electrons. The Balaban J connectivity index is 1.72. The minimum Gasteiger partial charge on any atom is -0.356 e. The largest absolute Gasteiger partial charge is 0.356 e. The van der Waals surface area contributed by atoms with Crippen LogP contribution in [-0.4, -0.2) is 38.8 Å². The van der Waals surface area contributed by atoms with Gasteiger partial charge in [-0.15, -0.1) is 0 Å². The number of rotatable bonds is 3. The molecule has 29 heavy (non-hydrogen) atoms. The third-order valence-electron chi connectivity index (χ3n) is 6.30. The van der Waals surface area contributed by atoms with Crippen molar-refractivity contribution >= 4 is 38.8 Å². The predicted octanol–water partition coefficient (Wildman–Crippen LogP) is 5.01. The summed E-state index contributed by atoms with van der Waals surface area (Å²) in [4.78, 5) is 33.5. The number of urea groups is 1. The first kappa shape index (κ1) is 18.4. The summed E-state index contributed by atoms with van der Waals surface area (Å²) in [5, 5.41) is 1.13. The summed E-state index contributed by atoms with van der Waals surface area (Å²) in [6.07, 6.45) is 1.29. The van der Waals surface area contributed by atoms with Crippen LogP contribution in [0.5, 0.6) is 0 Å². The Kier molecular flexibility index (Phi) is 4.28. The van der Waals surface area contributed by atoms with Gasteiger partial charge < -0.3 is 4.98 Å². The number of carbonyl (C=O) groups is 2. The monoisotopic (exact) mass is 451 g/mol. The van der Waals surface area contributed by atoms with Crippen molar-refractivity contribution in [2.24, 2.45) is 0 Å². The van der Waals surface area contributed by atoms with Gasteiger partial charge in [0.15, 0.2) is 0 Å². The molecular weight excluding hydrogens is 430 g/mol. The Morgan fingerprint density at radius 2 is 1.86 bits per heavy atom. The lowest BCUT2D eigenvalue weighted by atomic mass is 9.89. The summed E-state index contributed by atoms with van der Waals surface area (Å²) < 4.78 is 0.982. The molecule has 3 heterocycles. The number of amides is 3. The van der Waals surface area contributed by atoms with Crippen molar-refractivity contribution in [1.29, 1.82) is 0 Å². The van der Waals surface area contributed by atoms with Crippen LogP contribution in [0.2, 0.25) is 0 Å². The summed E-state index contributed by atoms with van der Waals surface area (Å²) in [5.74, 6) is -0.0811. The lowest BCUT2D eigenvalue weighted by Gasteiger charge is -2.36. The number of hydrogen-bond donors (Lipinski definition) is 1. The molecule has 3 aromatic rings. The maximum Gasteiger partial charge on any atom is 0.328 e. The van der Waals surface area contributed by atoms with Gasteiger partial charge >= 0.3 is 6.03 Å². The summed E-state index contributed by atoms with van der Waals surface area (Å²) >= 11 is 3.49. The first-order chi connectivity index (χ1) is 14.0. The molecule has 1 saturated heterocycles. The van der Waals surface area contributed by atoms with E-state index in [1.54, 1.807) is 4.90 Å². The Bertz CT molecular complexity index is 1120. The lowest BCUT2D eigenvalue weighted by molar-refractivity contribution is -0.129. The summed E-state index contributed by atoms with van der Waals surface area (Å²) in [6.45, 7) is 3.95. The van der Waals surface area contributed by atoms with Gasteiger partial charge in [-0.2, -0.15) is 0 Å². The molecule has 3 atom stereocenters. The van der Waals surface area contributed by atoms with Gasteiger partial charge in [-0.1, -0.05) is 53.2 Å². The predicted molar refractivity (Wildman–Crippen MR) is 116 cm³/mol. The second-order valence-electron chi connectivity index (χ2n) is 7.89. The number of nitrogens with one attached hydrogen (secondary N) is 1. The molecule has 2 aromatic carbocycles. The Hall–Kier alpha value is -2.60. The molecular formula is C23H22BrN3O2. The molecule has 1 fully saturated rings. The van der Waals surface area contributed by atoms with Crippen molar-refractivity contribution in [1.82, 2.24) is 14.8 Å². The Labute approximate surface area is 177 Å². The van der Waals surface area contributed by atoms with Gasteiger partial charge in [-0.3, -0.25) is 14.6 Å². The molecule has 1 unspecified atom stereocenters. The first-order valence-corrected chi connectivity index (χ1v) is 10.8. The summed E-state index contributed by atoms with van der Waals surface area (Å²) in [7, 11) is 0. The average Bonchev–Trinajstić information content (AvgIpc) is 3.22. The van der Waals surface area contributed by atoms with E-state index in [1.807, 2.05) is 56.3 Å². The number of aromatic nitrogens is 1. The van der Waals surface area contributed by atoms with Crippen molar-refractivity contribution in [3.05, 3.63) is 69.8 Å². The minimum absolute atomic E-state index is 0.0811. The van der Waals surface area contributed by atoms with Gasteiger partial charge in [0.2, 0.25) is 0 Å². The molecule has 1 aromatic heterocycles. The fraction of sp³-hybridized carbons (Fsp3) is 0.304. The lowest BCUT2D eigenvalue weighted by Crippen LogP contribution is -2.44. The molecule has 6 heteroatoms. The second-order valence-corrected chi connectivity index (χ2v) is 8.81. The Morgan fingerprint density at radius 1 is 1.14 bits per heavy atom. The molecule has 2 aliphatic rings. The normalized spacial score (nSPS) is 22.2. The van der Waals surface area contributed by atoms with E-state index in [0.717, 1.165) is 38.6 Å².